The van der Waals surface area contributed by atoms with Crippen LogP contribution in [0.1, 0.15) is 32.6 Å². The quantitative estimate of drug-likeness (QED) is 0.738. The molecule has 0 spiro atoms. The van der Waals surface area contributed by atoms with E-state index in [9.17, 15) is 8.42 Å². The molecule has 5 N–H and O–H groups in total. The standard InChI is InChI=1S/C13H21N3O2S/c1-9-2-4-10(5-3-9)16-13-8-11(19(15,17)18)6-7-12(13)14/h6-10,16H,2-5,14H2,1H3,(H2,15,17,18). The van der Waals surface area contributed by atoms with Crippen molar-refractivity contribution >= 4 is 21.4 Å². The molecule has 0 aromatic heterocycles. The van der Waals surface area contributed by atoms with Crippen LogP contribution in [0.3, 0.4) is 0 Å². The maximum atomic E-state index is 11.3. The number of hydrogen-bond donors (Lipinski definition) is 3. The van der Waals surface area contributed by atoms with Gasteiger partial charge >= 0.3 is 0 Å². The summed E-state index contributed by atoms with van der Waals surface area (Å²) in [6, 6.07) is 4.88. The Labute approximate surface area is 114 Å². The van der Waals surface area contributed by atoms with E-state index in [0.717, 1.165) is 18.8 Å². The third-order valence-electron chi connectivity index (χ3n) is 3.73. The second-order valence-corrected chi connectivity index (χ2v) is 6.96. The number of hydrogen-bond acceptors (Lipinski definition) is 4. The number of benzene rings is 1. The van der Waals surface area contributed by atoms with Crippen molar-refractivity contribution in [1.82, 2.24) is 0 Å². The van der Waals surface area contributed by atoms with Gasteiger partial charge in [-0.05, 0) is 49.8 Å². The van der Waals surface area contributed by atoms with Gasteiger partial charge in [-0.1, -0.05) is 6.92 Å². The molecule has 1 aliphatic rings. The van der Waals surface area contributed by atoms with Crippen molar-refractivity contribution in [3.8, 4) is 0 Å². The molecule has 0 radical (unpaired) electrons. The first-order chi connectivity index (χ1) is 8.86. The topological polar surface area (TPSA) is 98.2 Å². The zero-order chi connectivity index (χ0) is 14.0. The number of nitrogen functional groups attached to an aromatic ring is 1. The molecule has 1 aliphatic carbocycles. The van der Waals surface area contributed by atoms with E-state index in [1.807, 2.05) is 0 Å². The molecule has 0 saturated heterocycles. The van der Waals surface area contributed by atoms with Gasteiger partial charge in [0.1, 0.15) is 0 Å². The normalized spacial score (nSPS) is 24.1. The molecule has 0 aliphatic heterocycles. The first-order valence-electron chi connectivity index (χ1n) is 6.55. The highest BCUT2D eigenvalue weighted by Gasteiger charge is 2.19. The van der Waals surface area contributed by atoms with Gasteiger partial charge in [-0.3, -0.25) is 0 Å². The maximum Gasteiger partial charge on any atom is 0.238 e. The van der Waals surface area contributed by atoms with E-state index in [1.54, 1.807) is 6.07 Å². The van der Waals surface area contributed by atoms with Gasteiger partial charge in [-0.15, -0.1) is 0 Å². The smallest absolute Gasteiger partial charge is 0.238 e. The van der Waals surface area contributed by atoms with Crippen molar-refractivity contribution in [2.24, 2.45) is 11.1 Å². The molecule has 5 nitrogen and oxygen atoms in total. The minimum absolute atomic E-state index is 0.0911. The molecule has 0 atom stereocenters. The van der Waals surface area contributed by atoms with E-state index in [1.165, 1.54) is 25.0 Å². The summed E-state index contributed by atoms with van der Waals surface area (Å²) in [5.41, 5.74) is 7.08. The molecule has 1 aromatic rings. The highest BCUT2D eigenvalue weighted by Crippen LogP contribution is 2.29. The lowest BCUT2D eigenvalue weighted by molar-refractivity contribution is 0.361. The van der Waals surface area contributed by atoms with Crippen LogP contribution in [0.4, 0.5) is 11.4 Å². The highest BCUT2D eigenvalue weighted by molar-refractivity contribution is 7.89. The number of sulfonamides is 1. The third kappa shape index (κ3) is 3.61. The molecule has 19 heavy (non-hydrogen) atoms. The lowest BCUT2D eigenvalue weighted by atomic mass is 9.87. The Hall–Kier alpha value is -1.27. The van der Waals surface area contributed by atoms with Crippen LogP contribution in [0, 0.1) is 5.92 Å². The lowest BCUT2D eigenvalue weighted by Gasteiger charge is -2.28. The van der Waals surface area contributed by atoms with Crippen molar-refractivity contribution in [2.45, 2.75) is 43.5 Å². The second-order valence-electron chi connectivity index (χ2n) is 5.40. The van der Waals surface area contributed by atoms with Crippen molar-refractivity contribution in [3.05, 3.63) is 18.2 Å². The number of primary sulfonamides is 1. The summed E-state index contributed by atoms with van der Waals surface area (Å²) in [5.74, 6) is 0.770. The Morgan fingerprint density at radius 3 is 2.42 bits per heavy atom. The van der Waals surface area contributed by atoms with E-state index in [0.29, 0.717) is 17.4 Å². The molecule has 2 rings (SSSR count). The van der Waals surface area contributed by atoms with Gasteiger partial charge in [-0.25, -0.2) is 13.6 Å². The monoisotopic (exact) mass is 283 g/mol. The van der Waals surface area contributed by atoms with Gasteiger partial charge in [-0.2, -0.15) is 0 Å². The van der Waals surface area contributed by atoms with Crippen LogP contribution in [-0.2, 0) is 10.0 Å². The van der Waals surface area contributed by atoms with E-state index in [4.69, 9.17) is 10.9 Å². The van der Waals surface area contributed by atoms with Crippen LogP contribution in [0.2, 0.25) is 0 Å². The first-order valence-corrected chi connectivity index (χ1v) is 8.10. The molecule has 0 bridgehead atoms. The lowest BCUT2D eigenvalue weighted by Crippen LogP contribution is -2.25. The fourth-order valence-electron chi connectivity index (χ4n) is 2.46. The zero-order valence-electron chi connectivity index (χ0n) is 11.1. The second kappa shape index (κ2) is 5.38. The van der Waals surface area contributed by atoms with Gasteiger partial charge in [0.2, 0.25) is 10.0 Å². The fourth-order valence-corrected chi connectivity index (χ4v) is 3.00. The molecular weight excluding hydrogens is 262 g/mol. The molecule has 6 heteroatoms. The molecule has 1 aromatic carbocycles. The van der Waals surface area contributed by atoms with E-state index in [-0.39, 0.29) is 4.90 Å². The summed E-state index contributed by atoms with van der Waals surface area (Å²) in [5, 5.41) is 8.47. The molecule has 0 heterocycles. The Morgan fingerprint density at radius 2 is 1.84 bits per heavy atom. The fraction of sp³-hybridized carbons (Fsp3) is 0.538. The Bertz CT molecular complexity index is 549. The van der Waals surface area contributed by atoms with Gasteiger partial charge in [0.15, 0.2) is 0 Å². The molecular formula is C13H21N3O2S. The molecule has 1 saturated carbocycles. The average Bonchev–Trinajstić information content (AvgIpc) is 2.33. The number of anilines is 2. The Balaban J connectivity index is 2.16. The van der Waals surface area contributed by atoms with Crippen LogP contribution >= 0.6 is 0 Å². The van der Waals surface area contributed by atoms with Gasteiger partial charge in [0.05, 0.1) is 16.3 Å². The van der Waals surface area contributed by atoms with Gasteiger partial charge < -0.3 is 11.1 Å². The van der Waals surface area contributed by atoms with Crippen molar-refractivity contribution < 1.29 is 8.42 Å². The molecule has 1 fully saturated rings. The van der Waals surface area contributed by atoms with Crippen LogP contribution < -0.4 is 16.2 Å². The summed E-state index contributed by atoms with van der Waals surface area (Å²) in [7, 11) is -3.69. The predicted molar refractivity (Wildman–Crippen MR) is 77.3 cm³/mol. The van der Waals surface area contributed by atoms with E-state index < -0.39 is 10.0 Å². The SMILES string of the molecule is CC1CCC(Nc2cc(S(N)(=O)=O)ccc2N)CC1. The zero-order valence-corrected chi connectivity index (χ0v) is 11.9. The van der Waals surface area contributed by atoms with Crippen LogP contribution in [0.5, 0.6) is 0 Å². The van der Waals surface area contributed by atoms with Crippen molar-refractivity contribution in [2.75, 3.05) is 11.1 Å². The van der Waals surface area contributed by atoms with Crippen molar-refractivity contribution in [3.63, 3.8) is 0 Å². The number of rotatable bonds is 3. The molecule has 0 unspecified atom stereocenters. The van der Waals surface area contributed by atoms with Gasteiger partial charge in [0, 0.05) is 6.04 Å². The van der Waals surface area contributed by atoms with Gasteiger partial charge in [0.25, 0.3) is 0 Å². The Kier molecular flexibility index (Phi) is 4.01. The minimum atomic E-state index is -3.69. The Morgan fingerprint density at radius 1 is 1.21 bits per heavy atom. The summed E-state index contributed by atoms with van der Waals surface area (Å²) in [6.45, 7) is 2.26. The predicted octanol–water partition coefficient (Wildman–Crippen LogP) is 1.91. The molecule has 106 valence electrons. The molecule has 0 amide bonds. The summed E-state index contributed by atoms with van der Waals surface area (Å²) >= 11 is 0. The van der Waals surface area contributed by atoms with Crippen LogP contribution in [0.25, 0.3) is 0 Å². The van der Waals surface area contributed by atoms with Crippen LogP contribution in [-0.4, -0.2) is 14.5 Å². The number of nitrogens with one attached hydrogen (secondary N) is 1. The third-order valence-corrected chi connectivity index (χ3v) is 4.64. The van der Waals surface area contributed by atoms with Crippen LogP contribution in [0.15, 0.2) is 23.1 Å². The summed E-state index contributed by atoms with van der Waals surface area (Å²) in [6.07, 6.45) is 4.54. The highest BCUT2D eigenvalue weighted by atomic mass is 32.2. The van der Waals surface area contributed by atoms with E-state index in [2.05, 4.69) is 12.2 Å². The van der Waals surface area contributed by atoms with E-state index >= 15 is 0 Å². The average molecular weight is 283 g/mol. The summed E-state index contributed by atoms with van der Waals surface area (Å²) in [4.78, 5) is 0.0911. The first kappa shape index (κ1) is 14.1. The van der Waals surface area contributed by atoms with Crippen molar-refractivity contribution in [1.29, 1.82) is 0 Å². The maximum absolute atomic E-state index is 11.3. The summed E-state index contributed by atoms with van der Waals surface area (Å²) < 4.78 is 22.7. The number of nitrogens with two attached hydrogens (primary N) is 2. The minimum Gasteiger partial charge on any atom is -0.397 e. The largest absolute Gasteiger partial charge is 0.397 e.